The van der Waals surface area contributed by atoms with Gasteiger partial charge in [-0.1, -0.05) is 38.3 Å². The predicted octanol–water partition coefficient (Wildman–Crippen LogP) is 3.30. The SMILES string of the molecule is C[B]c1ccc2c(c1)oc1ccc(S(=O)(=O)N[C@H](CNC3(C#N)CC3)CC(C)C)cc12. The number of fused-ring (bicyclic) bond motifs is 3. The number of rotatable bonds is 9. The van der Waals surface area contributed by atoms with Crippen molar-refractivity contribution in [1.29, 1.82) is 5.26 Å². The molecule has 161 valence electrons. The van der Waals surface area contributed by atoms with Crippen LogP contribution in [-0.4, -0.2) is 33.8 Å². The Labute approximate surface area is 184 Å². The van der Waals surface area contributed by atoms with Crippen molar-refractivity contribution in [2.75, 3.05) is 6.54 Å². The Kier molecular flexibility index (Phi) is 5.86. The molecule has 1 heterocycles. The summed E-state index contributed by atoms with van der Waals surface area (Å²) in [4.78, 5) is 0.212. The molecule has 6 nitrogen and oxygen atoms in total. The van der Waals surface area contributed by atoms with Crippen molar-refractivity contribution in [3.05, 3.63) is 36.4 Å². The largest absolute Gasteiger partial charge is 0.456 e. The highest BCUT2D eigenvalue weighted by Crippen LogP contribution is 2.34. The average Bonchev–Trinajstić information content (AvgIpc) is 3.43. The molecule has 1 radical (unpaired) electrons. The molecule has 1 atom stereocenters. The molecule has 0 amide bonds. The summed E-state index contributed by atoms with van der Waals surface area (Å²) in [6, 6.07) is 12.9. The fraction of sp³-hybridized carbons (Fsp3) is 0.435. The fourth-order valence-electron chi connectivity index (χ4n) is 3.92. The summed E-state index contributed by atoms with van der Waals surface area (Å²) in [5.41, 5.74) is 1.97. The number of hydrogen-bond acceptors (Lipinski definition) is 5. The van der Waals surface area contributed by atoms with E-state index in [1.807, 2.05) is 32.3 Å². The van der Waals surface area contributed by atoms with E-state index < -0.39 is 15.6 Å². The lowest BCUT2D eigenvalue weighted by Gasteiger charge is -2.22. The third-order valence-corrected chi connectivity index (χ3v) is 7.36. The normalized spacial score (nSPS) is 16.5. The first-order valence-electron chi connectivity index (χ1n) is 10.7. The van der Waals surface area contributed by atoms with E-state index in [0.717, 1.165) is 34.7 Å². The van der Waals surface area contributed by atoms with Gasteiger partial charge in [-0.3, -0.25) is 5.32 Å². The van der Waals surface area contributed by atoms with Gasteiger partial charge in [-0.25, -0.2) is 13.1 Å². The first-order valence-corrected chi connectivity index (χ1v) is 12.2. The maximum Gasteiger partial charge on any atom is 0.240 e. The van der Waals surface area contributed by atoms with Gasteiger partial charge in [0, 0.05) is 23.4 Å². The maximum absolute atomic E-state index is 13.2. The van der Waals surface area contributed by atoms with E-state index in [-0.39, 0.29) is 10.9 Å². The topological polar surface area (TPSA) is 95.1 Å². The van der Waals surface area contributed by atoms with Gasteiger partial charge in [0.2, 0.25) is 10.0 Å². The van der Waals surface area contributed by atoms with Crippen LogP contribution >= 0.6 is 0 Å². The molecule has 1 aliphatic rings. The summed E-state index contributed by atoms with van der Waals surface area (Å²) < 4.78 is 35.2. The Morgan fingerprint density at radius 1 is 1.16 bits per heavy atom. The van der Waals surface area contributed by atoms with Gasteiger partial charge < -0.3 is 4.42 Å². The fourth-order valence-corrected chi connectivity index (χ4v) is 5.20. The van der Waals surface area contributed by atoms with Crippen molar-refractivity contribution >= 4 is 44.7 Å². The van der Waals surface area contributed by atoms with Gasteiger partial charge in [0.15, 0.2) is 0 Å². The standard InChI is InChI=1S/C23H27BN3O3S/c1-15(2)10-17(13-26-23(14-25)8-9-23)27-31(28,29)18-5-7-21-20(12-18)19-6-4-16(24-3)11-22(19)30-21/h4-7,11-12,15,17,26-27H,8-10,13H2,1-3H3/t17-/m0/s1. The molecule has 1 fully saturated rings. The molecule has 31 heavy (non-hydrogen) atoms. The highest BCUT2D eigenvalue weighted by atomic mass is 32.2. The van der Waals surface area contributed by atoms with Crippen molar-refractivity contribution in [2.45, 2.75) is 56.4 Å². The molecule has 3 aromatic rings. The number of benzene rings is 2. The molecule has 0 aliphatic heterocycles. The Bertz CT molecular complexity index is 1260. The van der Waals surface area contributed by atoms with E-state index in [9.17, 15) is 13.7 Å². The minimum absolute atomic E-state index is 0.212. The Hall–Kier alpha value is -2.34. The van der Waals surface area contributed by atoms with Crippen LogP contribution in [0.4, 0.5) is 0 Å². The van der Waals surface area contributed by atoms with Gasteiger partial charge in [-0.05, 0) is 49.4 Å². The van der Waals surface area contributed by atoms with Crippen molar-refractivity contribution < 1.29 is 12.8 Å². The van der Waals surface area contributed by atoms with Crippen LogP contribution in [0.15, 0.2) is 45.7 Å². The van der Waals surface area contributed by atoms with E-state index in [4.69, 9.17) is 4.42 Å². The lowest BCUT2D eigenvalue weighted by molar-refractivity contribution is 0.423. The lowest BCUT2D eigenvalue weighted by Crippen LogP contribution is -2.46. The van der Waals surface area contributed by atoms with Crippen LogP contribution in [0.5, 0.6) is 0 Å². The zero-order valence-corrected chi connectivity index (χ0v) is 18.9. The molecule has 0 bridgehead atoms. The van der Waals surface area contributed by atoms with Crippen LogP contribution in [-0.2, 0) is 10.0 Å². The summed E-state index contributed by atoms with van der Waals surface area (Å²) in [7, 11) is -1.74. The van der Waals surface area contributed by atoms with Gasteiger partial charge in [0.1, 0.15) is 24.0 Å². The number of nitrogens with one attached hydrogen (secondary N) is 2. The molecule has 2 N–H and O–H groups in total. The Morgan fingerprint density at radius 2 is 1.94 bits per heavy atom. The van der Waals surface area contributed by atoms with Gasteiger partial charge in [-0.2, -0.15) is 5.26 Å². The van der Waals surface area contributed by atoms with Crippen molar-refractivity contribution in [3.63, 3.8) is 0 Å². The van der Waals surface area contributed by atoms with E-state index in [1.54, 1.807) is 18.2 Å². The third-order valence-electron chi connectivity index (χ3n) is 5.84. The minimum atomic E-state index is -3.73. The van der Waals surface area contributed by atoms with E-state index >= 15 is 0 Å². The Morgan fingerprint density at radius 3 is 2.58 bits per heavy atom. The summed E-state index contributed by atoms with van der Waals surface area (Å²) in [5, 5.41) is 14.2. The Balaban J connectivity index is 1.61. The summed E-state index contributed by atoms with van der Waals surface area (Å²) in [6.07, 6.45) is 2.31. The first-order chi connectivity index (χ1) is 14.7. The van der Waals surface area contributed by atoms with E-state index in [1.165, 1.54) is 0 Å². The second-order valence-corrected chi connectivity index (χ2v) is 10.5. The number of hydrogen-bond donors (Lipinski definition) is 2. The molecular weight excluding hydrogens is 409 g/mol. The van der Waals surface area contributed by atoms with Gasteiger partial charge in [0.05, 0.1) is 11.0 Å². The van der Waals surface area contributed by atoms with Gasteiger partial charge >= 0.3 is 0 Å². The van der Waals surface area contributed by atoms with Crippen LogP contribution < -0.4 is 15.5 Å². The second-order valence-electron chi connectivity index (χ2n) is 8.83. The van der Waals surface area contributed by atoms with Gasteiger partial charge in [-0.15, -0.1) is 0 Å². The average molecular weight is 436 g/mol. The summed E-state index contributed by atoms with van der Waals surface area (Å²) in [5.74, 6) is 0.316. The predicted molar refractivity (Wildman–Crippen MR) is 124 cm³/mol. The second kappa shape index (κ2) is 8.31. The van der Waals surface area contributed by atoms with Crippen LogP contribution in [0, 0.1) is 17.2 Å². The van der Waals surface area contributed by atoms with E-state index in [2.05, 4.69) is 30.0 Å². The quantitative estimate of drug-likeness (QED) is 0.502. The molecule has 2 aromatic carbocycles. The van der Waals surface area contributed by atoms with Crippen LogP contribution in [0.2, 0.25) is 6.82 Å². The molecule has 0 spiro atoms. The summed E-state index contributed by atoms with van der Waals surface area (Å²) in [6.45, 7) is 6.51. The number of nitriles is 1. The smallest absolute Gasteiger partial charge is 0.240 e. The number of nitrogens with zero attached hydrogens (tertiary/aromatic N) is 1. The minimum Gasteiger partial charge on any atom is -0.456 e. The summed E-state index contributed by atoms with van der Waals surface area (Å²) >= 11 is 0. The molecular formula is C23H27BN3O3S. The zero-order valence-electron chi connectivity index (χ0n) is 18.1. The van der Waals surface area contributed by atoms with Crippen LogP contribution in [0.1, 0.15) is 33.1 Å². The molecule has 0 unspecified atom stereocenters. The number of sulfonamides is 1. The highest BCUT2D eigenvalue weighted by molar-refractivity contribution is 7.89. The third kappa shape index (κ3) is 4.64. The molecule has 8 heteroatoms. The highest BCUT2D eigenvalue weighted by Gasteiger charge is 2.43. The zero-order chi connectivity index (χ0) is 22.2. The number of furan rings is 1. The van der Waals surface area contributed by atoms with Crippen LogP contribution in [0.3, 0.4) is 0 Å². The maximum atomic E-state index is 13.2. The lowest BCUT2D eigenvalue weighted by atomic mass is 9.73. The van der Waals surface area contributed by atoms with E-state index in [0.29, 0.717) is 24.5 Å². The molecule has 1 aromatic heterocycles. The van der Waals surface area contributed by atoms with Crippen molar-refractivity contribution in [1.82, 2.24) is 10.0 Å². The molecule has 4 rings (SSSR count). The molecule has 1 saturated carbocycles. The van der Waals surface area contributed by atoms with Crippen molar-refractivity contribution in [3.8, 4) is 6.07 Å². The monoisotopic (exact) mass is 436 g/mol. The van der Waals surface area contributed by atoms with Crippen LogP contribution in [0.25, 0.3) is 21.9 Å². The molecule has 0 saturated heterocycles. The molecule has 1 aliphatic carbocycles. The van der Waals surface area contributed by atoms with Gasteiger partial charge in [0.25, 0.3) is 0 Å². The first kappa shape index (κ1) is 21.9. The van der Waals surface area contributed by atoms with Crippen molar-refractivity contribution in [2.24, 2.45) is 5.92 Å².